The molecule has 2 aromatic rings. The Hall–Kier alpha value is -2.00. The molecule has 0 aliphatic rings. The quantitative estimate of drug-likeness (QED) is 0.789. The van der Waals surface area contributed by atoms with Gasteiger partial charge >= 0.3 is 0 Å². The summed E-state index contributed by atoms with van der Waals surface area (Å²) < 4.78 is 11.2. The number of hydrogen-bond acceptors (Lipinski definition) is 3. The van der Waals surface area contributed by atoms with E-state index < -0.39 is 0 Å². The summed E-state index contributed by atoms with van der Waals surface area (Å²) in [4.78, 5) is 0. The molecule has 0 bridgehead atoms. The second-order valence-corrected chi connectivity index (χ2v) is 6.04. The summed E-state index contributed by atoms with van der Waals surface area (Å²) in [5.74, 6) is 2.40. The molecule has 1 unspecified atom stereocenters. The van der Waals surface area contributed by atoms with Crippen LogP contribution in [-0.4, -0.2) is 20.3 Å². The molecule has 3 heteroatoms. The van der Waals surface area contributed by atoms with Gasteiger partial charge in [-0.15, -0.1) is 0 Å². The van der Waals surface area contributed by atoms with Crippen LogP contribution in [0.25, 0.3) is 0 Å². The van der Waals surface area contributed by atoms with Crippen molar-refractivity contribution in [2.45, 2.75) is 32.1 Å². The Balaban J connectivity index is 1.94. The Morgan fingerprint density at radius 3 is 2.09 bits per heavy atom. The van der Waals surface area contributed by atoms with Crippen LogP contribution in [0.15, 0.2) is 48.5 Å². The maximum absolute atomic E-state index is 5.96. The van der Waals surface area contributed by atoms with Crippen LogP contribution in [-0.2, 0) is 0 Å². The molecule has 2 aromatic carbocycles. The third kappa shape index (κ3) is 4.73. The molecule has 0 fully saturated rings. The van der Waals surface area contributed by atoms with Gasteiger partial charge in [0.15, 0.2) is 11.5 Å². The smallest absolute Gasteiger partial charge is 0.161 e. The Kier molecular flexibility index (Phi) is 6.48. The third-order valence-electron chi connectivity index (χ3n) is 4.15. The molecule has 0 aromatic heterocycles. The van der Waals surface area contributed by atoms with E-state index in [9.17, 15) is 0 Å². The highest BCUT2D eigenvalue weighted by Gasteiger charge is 2.11. The first-order valence-electron chi connectivity index (χ1n) is 8.21. The zero-order valence-corrected chi connectivity index (χ0v) is 14.3. The van der Waals surface area contributed by atoms with E-state index in [-0.39, 0.29) is 0 Å². The molecule has 0 heterocycles. The summed E-state index contributed by atoms with van der Waals surface area (Å²) in [6.07, 6.45) is 0.884. The van der Waals surface area contributed by atoms with Crippen LogP contribution >= 0.6 is 0 Å². The maximum atomic E-state index is 5.96. The molecular formula is C20H27NO2. The Morgan fingerprint density at radius 2 is 1.52 bits per heavy atom. The van der Waals surface area contributed by atoms with E-state index in [1.165, 1.54) is 11.1 Å². The van der Waals surface area contributed by atoms with Gasteiger partial charge in [-0.25, -0.2) is 0 Å². The van der Waals surface area contributed by atoms with Gasteiger partial charge < -0.3 is 15.2 Å². The van der Waals surface area contributed by atoms with Gasteiger partial charge in [-0.05, 0) is 48.1 Å². The molecular weight excluding hydrogens is 286 g/mol. The van der Waals surface area contributed by atoms with Crippen LogP contribution < -0.4 is 15.2 Å². The molecule has 0 amide bonds. The van der Waals surface area contributed by atoms with Crippen LogP contribution in [0, 0.1) is 0 Å². The minimum Gasteiger partial charge on any atom is -0.493 e. The Bertz CT molecular complexity index is 593. The first-order valence-corrected chi connectivity index (χ1v) is 8.21. The standard InChI is InChI=1S/C20H27NO2/c1-15(2)16-8-10-17(11-9-16)18(14-21)12-13-23-20-7-5-4-6-19(20)22-3/h4-11,15,18H,12-14,21H2,1-3H3. The molecule has 2 N–H and O–H groups in total. The van der Waals surface area contributed by atoms with Crippen molar-refractivity contribution in [3.05, 3.63) is 59.7 Å². The lowest BCUT2D eigenvalue weighted by Crippen LogP contribution is -2.15. The highest BCUT2D eigenvalue weighted by molar-refractivity contribution is 5.39. The average Bonchev–Trinajstić information content (AvgIpc) is 2.59. The summed E-state index contributed by atoms with van der Waals surface area (Å²) in [5.41, 5.74) is 8.59. The molecule has 124 valence electrons. The van der Waals surface area contributed by atoms with Crippen LogP contribution in [0.4, 0.5) is 0 Å². The van der Waals surface area contributed by atoms with Gasteiger partial charge in [0.1, 0.15) is 0 Å². The summed E-state index contributed by atoms with van der Waals surface area (Å²) in [6, 6.07) is 16.5. The van der Waals surface area contributed by atoms with E-state index in [0.29, 0.717) is 25.0 Å². The zero-order chi connectivity index (χ0) is 16.7. The fraction of sp³-hybridized carbons (Fsp3) is 0.400. The van der Waals surface area contributed by atoms with Crippen molar-refractivity contribution in [2.24, 2.45) is 5.73 Å². The fourth-order valence-corrected chi connectivity index (χ4v) is 2.62. The Labute approximate surface area is 139 Å². The third-order valence-corrected chi connectivity index (χ3v) is 4.15. The number of para-hydroxylation sites is 2. The first kappa shape index (κ1) is 17.4. The minimum atomic E-state index is 0.311. The largest absolute Gasteiger partial charge is 0.493 e. The van der Waals surface area contributed by atoms with Crippen molar-refractivity contribution in [3.63, 3.8) is 0 Å². The highest BCUT2D eigenvalue weighted by atomic mass is 16.5. The molecule has 0 aliphatic heterocycles. The summed E-state index contributed by atoms with van der Waals surface area (Å²) >= 11 is 0. The van der Waals surface area contributed by atoms with E-state index in [1.54, 1.807) is 7.11 Å². The molecule has 3 nitrogen and oxygen atoms in total. The van der Waals surface area contributed by atoms with Crippen LogP contribution in [0.3, 0.4) is 0 Å². The van der Waals surface area contributed by atoms with Crippen molar-refractivity contribution < 1.29 is 9.47 Å². The SMILES string of the molecule is COc1ccccc1OCCC(CN)c1ccc(C(C)C)cc1. The lowest BCUT2D eigenvalue weighted by molar-refractivity contribution is 0.280. The predicted octanol–water partition coefficient (Wildman–Crippen LogP) is 4.33. The molecule has 0 saturated carbocycles. The molecule has 23 heavy (non-hydrogen) atoms. The lowest BCUT2D eigenvalue weighted by atomic mass is 9.93. The second-order valence-electron chi connectivity index (χ2n) is 6.04. The molecule has 1 atom stereocenters. The Morgan fingerprint density at radius 1 is 0.913 bits per heavy atom. The summed E-state index contributed by atoms with van der Waals surface area (Å²) in [5, 5.41) is 0. The van der Waals surface area contributed by atoms with Crippen LogP contribution in [0.5, 0.6) is 11.5 Å². The zero-order valence-electron chi connectivity index (χ0n) is 14.3. The molecule has 0 aliphatic carbocycles. The average molecular weight is 313 g/mol. The van der Waals surface area contributed by atoms with Crippen LogP contribution in [0.2, 0.25) is 0 Å². The first-order chi connectivity index (χ1) is 11.2. The van der Waals surface area contributed by atoms with E-state index in [0.717, 1.165) is 17.9 Å². The topological polar surface area (TPSA) is 44.5 Å². The second kappa shape index (κ2) is 8.59. The molecule has 0 radical (unpaired) electrons. The van der Waals surface area contributed by atoms with E-state index in [2.05, 4.69) is 38.1 Å². The van der Waals surface area contributed by atoms with E-state index in [4.69, 9.17) is 15.2 Å². The van der Waals surface area contributed by atoms with Gasteiger partial charge in [0, 0.05) is 0 Å². The monoisotopic (exact) mass is 313 g/mol. The summed E-state index contributed by atoms with van der Waals surface area (Å²) in [7, 11) is 1.65. The van der Waals surface area contributed by atoms with Gasteiger partial charge in [0.2, 0.25) is 0 Å². The normalized spacial score (nSPS) is 12.2. The van der Waals surface area contributed by atoms with Gasteiger partial charge in [-0.3, -0.25) is 0 Å². The van der Waals surface area contributed by atoms with Crippen molar-refractivity contribution in [3.8, 4) is 11.5 Å². The van der Waals surface area contributed by atoms with Gasteiger partial charge in [0.05, 0.1) is 13.7 Å². The maximum Gasteiger partial charge on any atom is 0.161 e. The molecule has 0 spiro atoms. The van der Waals surface area contributed by atoms with E-state index in [1.807, 2.05) is 24.3 Å². The number of ether oxygens (including phenoxy) is 2. The number of nitrogens with two attached hydrogens (primary N) is 1. The van der Waals surface area contributed by atoms with Gasteiger partial charge in [-0.1, -0.05) is 50.2 Å². The van der Waals surface area contributed by atoms with Crippen molar-refractivity contribution >= 4 is 0 Å². The molecule has 2 rings (SSSR count). The molecule has 0 saturated heterocycles. The summed E-state index contributed by atoms with van der Waals surface area (Å²) in [6.45, 7) is 5.65. The number of rotatable bonds is 8. The highest BCUT2D eigenvalue weighted by Crippen LogP contribution is 2.27. The van der Waals surface area contributed by atoms with Crippen molar-refractivity contribution in [1.29, 1.82) is 0 Å². The van der Waals surface area contributed by atoms with Gasteiger partial charge in [-0.2, -0.15) is 0 Å². The fourth-order valence-electron chi connectivity index (χ4n) is 2.62. The van der Waals surface area contributed by atoms with E-state index >= 15 is 0 Å². The van der Waals surface area contributed by atoms with Gasteiger partial charge in [0.25, 0.3) is 0 Å². The number of benzene rings is 2. The lowest BCUT2D eigenvalue weighted by Gasteiger charge is -2.17. The predicted molar refractivity (Wildman–Crippen MR) is 95.4 cm³/mol. The number of methoxy groups -OCH3 is 1. The number of hydrogen-bond donors (Lipinski definition) is 1. The van der Waals surface area contributed by atoms with Crippen LogP contribution in [0.1, 0.15) is 43.2 Å². The minimum absolute atomic E-state index is 0.311. The van der Waals surface area contributed by atoms with Crippen molar-refractivity contribution in [1.82, 2.24) is 0 Å². The van der Waals surface area contributed by atoms with Crippen molar-refractivity contribution in [2.75, 3.05) is 20.3 Å².